The van der Waals surface area contributed by atoms with Gasteiger partial charge in [0.2, 0.25) is 15.9 Å². The summed E-state index contributed by atoms with van der Waals surface area (Å²) in [5.41, 5.74) is 1.84. The predicted octanol–water partition coefficient (Wildman–Crippen LogP) is 2.00. The number of amides is 1. The number of carbonyl (C=O) groups is 1. The first-order valence-electron chi connectivity index (χ1n) is 7.27. The predicted molar refractivity (Wildman–Crippen MR) is 83.6 cm³/mol. The Morgan fingerprint density at radius 1 is 1.43 bits per heavy atom. The number of aryl methyl sites for hydroxylation is 1. The number of piperidine rings is 1. The molecule has 1 saturated heterocycles. The molecule has 116 valence electrons. The van der Waals surface area contributed by atoms with Crippen LogP contribution in [-0.4, -0.2) is 37.5 Å². The van der Waals surface area contributed by atoms with Crippen molar-refractivity contribution in [3.8, 4) is 0 Å². The number of hydrogen-bond donors (Lipinski definition) is 1. The van der Waals surface area contributed by atoms with E-state index in [4.69, 9.17) is 0 Å². The first-order chi connectivity index (χ1) is 9.92. The third-order valence-electron chi connectivity index (χ3n) is 3.80. The van der Waals surface area contributed by atoms with Crippen molar-refractivity contribution in [2.75, 3.05) is 24.2 Å². The van der Waals surface area contributed by atoms with Crippen molar-refractivity contribution in [3.05, 3.63) is 29.8 Å². The largest absolute Gasteiger partial charge is 0.326 e. The van der Waals surface area contributed by atoms with Crippen LogP contribution in [0.3, 0.4) is 0 Å². The van der Waals surface area contributed by atoms with E-state index in [0.717, 1.165) is 24.1 Å². The van der Waals surface area contributed by atoms with Crippen molar-refractivity contribution >= 4 is 21.6 Å². The van der Waals surface area contributed by atoms with Gasteiger partial charge < -0.3 is 5.32 Å². The van der Waals surface area contributed by atoms with Gasteiger partial charge in [-0.1, -0.05) is 12.1 Å². The summed E-state index contributed by atoms with van der Waals surface area (Å²) in [5, 5.41) is 2.88. The van der Waals surface area contributed by atoms with Crippen LogP contribution in [0.25, 0.3) is 0 Å². The zero-order valence-electron chi connectivity index (χ0n) is 12.5. The van der Waals surface area contributed by atoms with Gasteiger partial charge in [0.25, 0.3) is 0 Å². The Hall–Kier alpha value is -1.40. The maximum absolute atomic E-state index is 12.3. The van der Waals surface area contributed by atoms with E-state index in [-0.39, 0.29) is 24.1 Å². The van der Waals surface area contributed by atoms with E-state index in [0.29, 0.717) is 6.54 Å². The summed E-state index contributed by atoms with van der Waals surface area (Å²) in [6.07, 6.45) is 1.46. The summed E-state index contributed by atoms with van der Waals surface area (Å²) in [5.74, 6) is -0.295. The molecule has 0 spiro atoms. The first kappa shape index (κ1) is 16.0. The summed E-state index contributed by atoms with van der Waals surface area (Å²) < 4.78 is 25.3. The van der Waals surface area contributed by atoms with E-state index >= 15 is 0 Å². The number of hydrogen-bond acceptors (Lipinski definition) is 3. The highest BCUT2D eigenvalue weighted by molar-refractivity contribution is 7.89. The van der Waals surface area contributed by atoms with Crippen LogP contribution in [0, 0.1) is 12.8 Å². The third-order valence-corrected chi connectivity index (χ3v) is 5.65. The average Bonchev–Trinajstić information content (AvgIpc) is 2.47. The molecule has 0 radical (unpaired) electrons. The summed E-state index contributed by atoms with van der Waals surface area (Å²) in [4.78, 5) is 12.3. The van der Waals surface area contributed by atoms with Gasteiger partial charge in [0, 0.05) is 18.8 Å². The van der Waals surface area contributed by atoms with Crippen LogP contribution in [0.2, 0.25) is 0 Å². The van der Waals surface area contributed by atoms with Gasteiger partial charge in [-0.25, -0.2) is 12.7 Å². The van der Waals surface area contributed by atoms with Gasteiger partial charge in [-0.2, -0.15) is 0 Å². The van der Waals surface area contributed by atoms with Crippen LogP contribution < -0.4 is 5.32 Å². The van der Waals surface area contributed by atoms with Gasteiger partial charge in [0.15, 0.2) is 0 Å². The van der Waals surface area contributed by atoms with E-state index < -0.39 is 10.0 Å². The Labute approximate surface area is 126 Å². The molecule has 0 bridgehead atoms. The lowest BCUT2D eigenvalue weighted by atomic mass is 9.98. The Kier molecular flexibility index (Phi) is 5.00. The van der Waals surface area contributed by atoms with E-state index in [1.54, 1.807) is 6.92 Å². The average molecular weight is 310 g/mol. The van der Waals surface area contributed by atoms with Gasteiger partial charge in [-0.15, -0.1) is 0 Å². The monoisotopic (exact) mass is 310 g/mol. The van der Waals surface area contributed by atoms with Crippen LogP contribution in [0.15, 0.2) is 24.3 Å². The Morgan fingerprint density at radius 3 is 2.86 bits per heavy atom. The fourth-order valence-electron chi connectivity index (χ4n) is 2.56. The molecular weight excluding hydrogens is 288 g/mol. The van der Waals surface area contributed by atoms with Gasteiger partial charge in [0.1, 0.15) is 0 Å². The molecule has 0 aliphatic carbocycles. The SMILES string of the molecule is CCS(=O)(=O)N1CCC[C@@H](C(=O)Nc2cccc(C)c2)C1. The quantitative estimate of drug-likeness (QED) is 0.925. The summed E-state index contributed by atoms with van der Waals surface area (Å²) >= 11 is 0. The molecule has 6 heteroatoms. The molecule has 1 N–H and O–H groups in total. The molecule has 1 aliphatic heterocycles. The zero-order chi connectivity index (χ0) is 15.5. The standard InChI is InChI=1S/C15H22N2O3S/c1-3-21(19,20)17-9-5-7-13(11-17)15(18)16-14-8-4-6-12(2)10-14/h4,6,8,10,13H,3,5,7,9,11H2,1-2H3,(H,16,18)/t13-/m1/s1. The van der Waals surface area contributed by atoms with Gasteiger partial charge in [-0.3, -0.25) is 4.79 Å². The molecule has 1 fully saturated rings. The van der Waals surface area contributed by atoms with Crippen molar-refractivity contribution in [3.63, 3.8) is 0 Å². The number of sulfonamides is 1. The van der Waals surface area contributed by atoms with Crippen molar-refractivity contribution < 1.29 is 13.2 Å². The molecule has 1 aromatic carbocycles. The molecule has 0 aromatic heterocycles. The highest BCUT2D eigenvalue weighted by Crippen LogP contribution is 2.21. The van der Waals surface area contributed by atoms with Crippen molar-refractivity contribution in [1.82, 2.24) is 4.31 Å². The molecule has 5 nitrogen and oxygen atoms in total. The second kappa shape index (κ2) is 6.58. The minimum atomic E-state index is -3.21. The van der Waals surface area contributed by atoms with Crippen LogP contribution >= 0.6 is 0 Å². The molecule has 1 amide bonds. The first-order valence-corrected chi connectivity index (χ1v) is 8.88. The zero-order valence-corrected chi connectivity index (χ0v) is 13.3. The number of nitrogens with one attached hydrogen (secondary N) is 1. The molecule has 0 unspecified atom stereocenters. The highest BCUT2D eigenvalue weighted by atomic mass is 32.2. The number of rotatable bonds is 4. The van der Waals surface area contributed by atoms with Crippen LogP contribution in [-0.2, 0) is 14.8 Å². The van der Waals surface area contributed by atoms with E-state index in [9.17, 15) is 13.2 Å². The maximum Gasteiger partial charge on any atom is 0.228 e. The van der Waals surface area contributed by atoms with E-state index in [1.807, 2.05) is 31.2 Å². The third kappa shape index (κ3) is 4.04. The molecule has 21 heavy (non-hydrogen) atoms. The molecule has 1 aromatic rings. The molecule has 2 rings (SSSR count). The topological polar surface area (TPSA) is 66.5 Å². The lowest BCUT2D eigenvalue weighted by Crippen LogP contribution is -2.44. The Bertz CT molecular complexity index is 613. The van der Waals surface area contributed by atoms with Crippen LogP contribution in [0.1, 0.15) is 25.3 Å². The summed E-state index contributed by atoms with van der Waals surface area (Å²) in [6, 6.07) is 7.60. The number of anilines is 1. The normalized spacial score (nSPS) is 20.2. The van der Waals surface area contributed by atoms with E-state index in [2.05, 4.69) is 5.32 Å². The fourth-order valence-corrected chi connectivity index (χ4v) is 3.74. The van der Waals surface area contributed by atoms with Crippen molar-refractivity contribution in [2.24, 2.45) is 5.92 Å². The van der Waals surface area contributed by atoms with Crippen molar-refractivity contribution in [2.45, 2.75) is 26.7 Å². The highest BCUT2D eigenvalue weighted by Gasteiger charge is 2.31. The Morgan fingerprint density at radius 2 is 2.19 bits per heavy atom. The van der Waals surface area contributed by atoms with Crippen LogP contribution in [0.5, 0.6) is 0 Å². The lowest BCUT2D eigenvalue weighted by Gasteiger charge is -2.30. The van der Waals surface area contributed by atoms with E-state index in [1.165, 1.54) is 4.31 Å². The molecule has 1 aliphatic rings. The molecule has 1 atom stereocenters. The number of carbonyl (C=O) groups excluding carboxylic acids is 1. The number of nitrogens with zero attached hydrogens (tertiary/aromatic N) is 1. The van der Waals surface area contributed by atoms with Gasteiger partial charge in [-0.05, 0) is 44.4 Å². The minimum Gasteiger partial charge on any atom is -0.326 e. The second-order valence-electron chi connectivity index (χ2n) is 5.46. The minimum absolute atomic E-state index is 0.0826. The van der Waals surface area contributed by atoms with Crippen LogP contribution in [0.4, 0.5) is 5.69 Å². The molecule has 1 heterocycles. The fraction of sp³-hybridized carbons (Fsp3) is 0.533. The van der Waals surface area contributed by atoms with Gasteiger partial charge in [0.05, 0.1) is 11.7 Å². The smallest absolute Gasteiger partial charge is 0.228 e. The Balaban J connectivity index is 2.02. The lowest BCUT2D eigenvalue weighted by molar-refractivity contribution is -0.120. The van der Waals surface area contributed by atoms with Gasteiger partial charge >= 0.3 is 0 Å². The summed E-state index contributed by atoms with van der Waals surface area (Å²) in [7, 11) is -3.21. The summed E-state index contributed by atoms with van der Waals surface area (Å²) in [6.45, 7) is 4.40. The molecule has 0 saturated carbocycles. The van der Waals surface area contributed by atoms with Crippen molar-refractivity contribution in [1.29, 1.82) is 0 Å². The second-order valence-corrected chi connectivity index (χ2v) is 7.71. The maximum atomic E-state index is 12.3. The molecular formula is C15H22N2O3S. The number of benzene rings is 1.